The predicted octanol–water partition coefficient (Wildman–Crippen LogP) is 4.38. The highest BCUT2D eigenvalue weighted by atomic mass is 16.4. The highest BCUT2D eigenvalue weighted by Gasteiger charge is 2.71. The van der Waals surface area contributed by atoms with Crippen LogP contribution in [-0.2, 0) is 16.0 Å². The van der Waals surface area contributed by atoms with E-state index < -0.39 is 28.2 Å². The number of benzene rings is 1. The maximum absolute atomic E-state index is 12.7. The fourth-order valence-corrected chi connectivity index (χ4v) is 5.39. The van der Waals surface area contributed by atoms with Gasteiger partial charge in [0.05, 0.1) is 10.8 Å². The molecule has 2 fully saturated rings. The topological polar surface area (TPSA) is 74.6 Å². The molecule has 2 aliphatic rings. The molecule has 1 aromatic carbocycles. The van der Waals surface area contributed by atoms with Gasteiger partial charge in [0.15, 0.2) is 0 Å². The van der Waals surface area contributed by atoms with Crippen molar-refractivity contribution in [3.05, 3.63) is 35.9 Å². The van der Waals surface area contributed by atoms with E-state index in [2.05, 4.69) is 0 Å². The first-order valence-electron chi connectivity index (χ1n) is 9.09. The average molecular weight is 344 g/mol. The van der Waals surface area contributed by atoms with Crippen LogP contribution in [0.4, 0.5) is 0 Å². The van der Waals surface area contributed by atoms with Crippen molar-refractivity contribution in [2.24, 2.45) is 21.7 Å². The van der Waals surface area contributed by atoms with Gasteiger partial charge < -0.3 is 10.2 Å². The van der Waals surface area contributed by atoms with Gasteiger partial charge in [-0.05, 0) is 54.9 Å². The molecule has 1 spiro atoms. The predicted molar refractivity (Wildman–Crippen MR) is 95.3 cm³/mol. The summed E-state index contributed by atoms with van der Waals surface area (Å²) in [5.74, 6) is -1.92. The van der Waals surface area contributed by atoms with Crippen LogP contribution in [0.25, 0.3) is 0 Å². The quantitative estimate of drug-likeness (QED) is 0.850. The van der Waals surface area contributed by atoms with E-state index in [9.17, 15) is 19.8 Å². The summed E-state index contributed by atoms with van der Waals surface area (Å²) in [5.41, 5.74) is -2.28. The summed E-state index contributed by atoms with van der Waals surface area (Å²) in [7, 11) is 0. The summed E-state index contributed by atoms with van der Waals surface area (Å²) < 4.78 is 0. The molecule has 25 heavy (non-hydrogen) atoms. The molecule has 2 atom stereocenters. The van der Waals surface area contributed by atoms with Crippen molar-refractivity contribution in [3.8, 4) is 0 Å². The molecule has 2 aliphatic carbocycles. The molecule has 0 unspecified atom stereocenters. The number of hydrogen-bond acceptors (Lipinski definition) is 2. The number of carbonyl (C=O) groups is 2. The van der Waals surface area contributed by atoms with E-state index in [1.807, 2.05) is 51.1 Å². The first-order chi connectivity index (χ1) is 11.6. The standard InChI is InChI=1S/C21H28O4/c1-18(2,3)21(17(24)25)12-11-19(9-10-19)14-20(21,16(22)23)13-15-7-5-4-6-8-15/h4-8H,9-14H2,1-3H3,(H,22,23)(H,24,25)/t20-,21-/m1/s1. The Morgan fingerprint density at radius 1 is 0.960 bits per heavy atom. The highest BCUT2D eigenvalue weighted by Crippen LogP contribution is 2.70. The van der Waals surface area contributed by atoms with Crippen LogP contribution in [0.5, 0.6) is 0 Å². The maximum Gasteiger partial charge on any atom is 0.311 e. The van der Waals surface area contributed by atoms with Crippen LogP contribution in [0.15, 0.2) is 30.3 Å². The van der Waals surface area contributed by atoms with Crippen LogP contribution >= 0.6 is 0 Å². The number of carboxylic acids is 2. The molecule has 2 saturated carbocycles. The molecule has 0 bridgehead atoms. The molecule has 3 rings (SSSR count). The van der Waals surface area contributed by atoms with Crippen molar-refractivity contribution in [3.63, 3.8) is 0 Å². The normalized spacial score (nSPS) is 30.8. The molecule has 0 amide bonds. The van der Waals surface area contributed by atoms with Crippen LogP contribution in [0, 0.1) is 21.7 Å². The van der Waals surface area contributed by atoms with Crippen LogP contribution in [-0.4, -0.2) is 22.2 Å². The molecule has 4 nitrogen and oxygen atoms in total. The number of carboxylic acid groups (broad SMARTS) is 2. The van der Waals surface area contributed by atoms with Gasteiger partial charge in [-0.3, -0.25) is 9.59 Å². The van der Waals surface area contributed by atoms with Crippen LogP contribution in [0.2, 0.25) is 0 Å². The molecule has 2 N–H and O–H groups in total. The van der Waals surface area contributed by atoms with E-state index in [0.717, 1.165) is 24.8 Å². The fourth-order valence-electron chi connectivity index (χ4n) is 5.39. The van der Waals surface area contributed by atoms with Gasteiger partial charge >= 0.3 is 11.9 Å². The minimum absolute atomic E-state index is 0.0391. The summed E-state index contributed by atoms with van der Waals surface area (Å²) in [4.78, 5) is 25.3. The average Bonchev–Trinajstić information content (AvgIpc) is 3.25. The highest BCUT2D eigenvalue weighted by molar-refractivity contribution is 5.88. The first-order valence-corrected chi connectivity index (χ1v) is 9.09. The van der Waals surface area contributed by atoms with Crippen molar-refractivity contribution in [2.75, 3.05) is 0 Å². The van der Waals surface area contributed by atoms with E-state index in [1.54, 1.807) is 0 Å². The zero-order valence-electron chi connectivity index (χ0n) is 15.3. The minimum atomic E-state index is -1.28. The molecule has 0 radical (unpaired) electrons. The van der Waals surface area contributed by atoms with Crippen molar-refractivity contribution in [1.82, 2.24) is 0 Å². The summed E-state index contributed by atoms with van der Waals surface area (Å²) in [6, 6.07) is 9.50. The lowest BCUT2D eigenvalue weighted by atomic mass is 9.43. The first kappa shape index (κ1) is 18.0. The molecule has 1 aromatic rings. The van der Waals surface area contributed by atoms with Gasteiger partial charge in [-0.15, -0.1) is 0 Å². The van der Waals surface area contributed by atoms with Gasteiger partial charge in [-0.2, -0.15) is 0 Å². The van der Waals surface area contributed by atoms with Crippen molar-refractivity contribution >= 4 is 11.9 Å². The van der Waals surface area contributed by atoms with Gasteiger partial charge in [0.25, 0.3) is 0 Å². The van der Waals surface area contributed by atoms with Crippen molar-refractivity contribution in [2.45, 2.75) is 59.3 Å². The Balaban J connectivity index is 2.20. The van der Waals surface area contributed by atoms with Gasteiger partial charge in [0, 0.05) is 0 Å². The second kappa shape index (κ2) is 5.58. The van der Waals surface area contributed by atoms with E-state index in [0.29, 0.717) is 12.8 Å². The lowest BCUT2D eigenvalue weighted by molar-refractivity contribution is -0.199. The Labute approximate surface area is 149 Å². The molecule has 0 aromatic heterocycles. The van der Waals surface area contributed by atoms with Crippen LogP contribution in [0.1, 0.15) is 58.4 Å². The van der Waals surface area contributed by atoms with Gasteiger partial charge in [-0.1, -0.05) is 51.1 Å². The summed E-state index contributed by atoms with van der Waals surface area (Å²) in [6.07, 6.45) is 4.04. The smallest absolute Gasteiger partial charge is 0.311 e. The van der Waals surface area contributed by atoms with Crippen LogP contribution < -0.4 is 0 Å². The van der Waals surface area contributed by atoms with E-state index in [4.69, 9.17) is 0 Å². The second-order valence-corrected chi connectivity index (χ2v) is 9.19. The van der Waals surface area contributed by atoms with Gasteiger partial charge in [0.2, 0.25) is 0 Å². The fraction of sp³-hybridized carbons (Fsp3) is 0.619. The van der Waals surface area contributed by atoms with E-state index in [1.165, 1.54) is 0 Å². The Morgan fingerprint density at radius 3 is 1.96 bits per heavy atom. The monoisotopic (exact) mass is 344 g/mol. The van der Waals surface area contributed by atoms with Crippen molar-refractivity contribution < 1.29 is 19.8 Å². The zero-order chi connectivity index (χ0) is 18.5. The largest absolute Gasteiger partial charge is 0.481 e. The third-order valence-electron chi connectivity index (χ3n) is 6.88. The second-order valence-electron chi connectivity index (χ2n) is 9.19. The molecule has 0 heterocycles. The Kier molecular flexibility index (Phi) is 4.01. The van der Waals surface area contributed by atoms with Gasteiger partial charge in [-0.25, -0.2) is 0 Å². The molecule has 136 valence electrons. The Bertz CT molecular complexity index is 684. The molecular formula is C21H28O4. The van der Waals surface area contributed by atoms with E-state index >= 15 is 0 Å². The molecule has 0 aliphatic heterocycles. The molecule has 4 heteroatoms. The van der Waals surface area contributed by atoms with Crippen molar-refractivity contribution in [1.29, 1.82) is 0 Å². The summed E-state index contributed by atoms with van der Waals surface area (Å²) >= 11 is 0. The lowest BCUT2D eigenvalue weighted by Crippen LogP contribution is -2.63. The lowest BCUT2D eigenvalue weighted by Gasteiger charge is -2.57. The number of rotatable bonds is 4. The van der Waals surface area contributed by atoms with Gasteiger partial charge in [0.1, 0.15) is 0 Å². The maximum atomic E-state index is 12.7. The minimum Gasteiger partial charge on any atom is -0.481 e. The zero-order valence-corrected chi connectivity index (χ0v) is 15.3. The molecular weight excluding hydrogens is 316 g/mol. The Hall–Kier alpha value is -1.84. The summed E-state index contributed by atoms with van der Waals surface area (Å²) in [6.45, 7) is 5.65. The number of hydrogen-bond donors (Lipinski definition) is 2. The third-order valence-corrected chi connectivity index (χ3v) is 6.88. The number of aliphatic carboxylic acids is 2. The SMILES string of the molecule is CC(C)(C)[C@]1(C(=O)O)CCC2(CC2)C[C@]1(Cc1ccccc1)C(=O)O. The Morgan fingerprint density at radius 2 is 1.52 bits per heavy atom. The van der Waals surface area contributed by atoms with Crippen LogP contribution in [0.3, 0.4) is 0 Å². The third kappa shape index (κ3) is 2.57. The molecule has 0 saturated heterocycles. The van der Waals surface area contributed by atoms with E-state index in [-0.39, 0.29) is 11.8 Å². The summed E-state index contributed by atoms with van der Waals surface area (Å²) in [5, 5.41) is 20.7.